The first kappa shape index (κ1) is 16.5. The van der Waals surface area contributed by atoms with Crippen molar-refractivity contribution in [2.24, 2.45) is 0 Å². The van der Waals surface area contributed by atoms with Gasteiger partial charge in [-0.3, -0.25) is 0 Å². The molecule has 0 amide bonds. The lowest BCUT2D eigenvalue weighted by Crippen LogP contribution is -2.09. The molecule has 1 saturated heterocycles. The molecule has 0 radical (unpaired) electrons. The van der Waals surface area contributed by atoms with Crippen LogP contribution in [0.15, 0.2) is 42.5 Å². The standard InChI is InChI=1S/C17H19NO3.ClH/c1-21-13-4-2-3-11(7-13)14-9-18-10-15(14)12-5-6-16(19)17(20)8-12;/h2-8,14-15,18-20H,9-10H2,1H3;1H/t14-,15-;/m1./s1. The predicted octanol–water partition coefficient (Wildman–Crippen LogP) is 3.00. The molecular weight excluding hydrogens is 302 g/mol. The van der Waals surface area contributed by atoms with Crippen LogP contribution in [0.1, 0.15) is 23.0 Å². The van der Waals surface area contributed by atoms with E-state index in [1.54, 1.807) is 19.2 Å². The monoisotopic (exact) mass is 321 g/mol. The predicted molar refractivity (Wildman–Crippen MR) is 88.4 cm³/mol. The molecule has 2 aromatic rings. The molecule has 0 unspecified atom stereocenters. The lowest BCUT2D eigenvalue weighted by Gasteiger charge is -2.20. The average molecular weight is 322 g/mol. The van der Waals surface area contributed by atoms with Gasteiger partial charge in [0, 0.05) is 24.9 Å². The normalized spacial score (nSPS) is 20.4. The number of hydrogen-bond donors (Lipinski definition) is 3. The van der Waals surface area contributed by atoms with E-state index in [9.17, 15) is 10.2 Å². The third-order valence-corrected chi connectivity index (χ3v) is 4.16. The molecule has 0 spiro atoms. The molecule has 5 heteroatoms. The van der Waals surface area contributed by atoms with Crippen LogP contribution < -0.4 is 10.1 Å². The second-order valence-corrected chi connectivity index (χ2v) is 5.40. The molecule has 1 fully saturated rings. The number of halogens is 1. The van der Waals surface area contributed by atoms with Crippen molar-refractivity contribution in [3.05, 3.63) is 53.6 Å². The Morgan fingerprint density at radius 3 is 2.27 bits per heavy atom. The fraction of sp³-hybridized carbons (Fsp3) is 0.294. The molecule has 3 rings (SSSR count). The number of nitrogens with one attached hydrogen (secondary N) is 1. The molecule has 4 nitrogen and oxygen atoms in total. The number of aromatic hydroxyl groups is 2. The summed E-state index contributed by atoms with van der Waals surface area (Å²) in [6, 6.07) is 13.2. The Hall–Kier alpha value is -1.91. The van der Waals surface area contributed by atoms with Gasteiger partial charge in [0.2, 0.25) is 0 Å². The number of ether oxygens (including phenoxy) is 1. The second-order valence-electron chi connectivity index (χ2n) is 5.40. The van der Waals surface area contributed by atoms with Crippen molar-refractivity contribution in [1.82, 2.24) is 5.32 Å². The van der Waals surface area contributed by atoms with Gasteiger partial charge in [0.05, 0.1) is 7.11 Å². The zero-order valence-corrected chi connectivity index (χ0v) is 13.1. The highest BCUT2D eigenvalue weighted by atomic mass is 35.5. The minimum atomic E-state index is -0.0809. The summed E-state index contributed by atoms with van der Waals surface area (Å²) in [4.78, 5) is 0. The SMILES string of the molecule is COc1cccc([C@H]2CNC[C@@H]2c2ccc(O)c(O)c2)c1.Cl. The van der Waals surface area contributed by atoms with E-state index >= 15 is 0 Å². The Bertz CT molecular complexity index is 648. The molecule has 0 aromatic heterocycles. The van der Waals surface area contributed by atoms with Crippen LogP contribution in [0.25, 0.3) is 0 Å². The van der Waals surface area contributed by atoms with Gasteiger partial charge in [0.1, 0.15) is 5.75 Å². The summed E-state index contributed by atoms with van der Waals surface area (Å²) in [6.45, 7) is 1.74. The first-order valence-electron chi connectivity index (χ1n) is 7.05. The van der Waals surface area contributed by atoms with Crippen LogP contribution >= 0.6 is 12.4 Å². The summed E-state index contributed by atoms with van der Waals surface area (Å²) in [5, 5.41) is 22.6. The number of hydrogen-bond acceptors (Lipinski definition) is 4. The van der Waals surface area contributed by atoms with Crippen molar-refractivity contribution in [2.45, 2.75) is 11.8 Å². The second kappa shape index (κ2) is 6.90. The van der Waals surface area contributed by atoms with Crippen molar-refractivity contribution >= 4 is 12.4 Å². The smallest absolute Gasteiger partial charge is 0.157 e. The molecule has 22 heavy (non-hydrogen) atoms. The number of methoxy groups -OCH3 is 1. The van der Waals surface area contributed by atoms with E-state index in [0.29, 0.717) is 5.92 Å². The summed E-state index contributed by atoms with van der Waals surface area (Å²) in [7, 11) is 1.67. The first-order chi connectivity index (χ1) is 10.2. The number of benzene rings is 2. The zero-order valence-electron chi connectivity index (χ0n) is 12.3. The van der Waals surface area contributed by atoms with Gasteiger partial charge < -0.3 is 20.3 Å². The van der Waals surface area contributed by atoms with Crippen LogP contribution in [0.4, 0.5) is 0 Å². The largest absolute Gasteiger partial charge is 0.504 e. The Balaban J connectivity index is 0.00000176. The van der Waals surface area contributed by atoms with E-state index in [2.05, 4.69) is 17.4 Å². The topological polar surface area (TPSA) is 61.7 Å². The summed E-state index contributed by atoms with van der Waals surface area (Å²) < 4.78 is 5.30. The Kier molecular flexibility index (Phi) is 5.16. The molecule has 0 saturated carbocycles. The van der Waals surface area contributed by atoms with Gasteiger partial charge in [-0.05, 0) is 35.4 Å². The molecule has 3 N–H and O–H groups in total. The first-order valence-corrected chi connectivity index (χ1v) is 7.05. The molecular formula is C17H20ClNO3. The van der Waals surface area contributed by atoms with Gasteiger partial charge in [0.25, 0.3) is 0 Å². The summed E-state index contributed by atoms with van der Waals surface area (Å²) in [5.41, 5.74) is 2.25. The number of phenols is 2. The molecule has 1 aliphatic rings. The Labute approximate surface area is 136 Å². The molecule has 2 aromatic carbocycles. The molecule has 0 bridgehead atoms. The van der Waals surface area contributed by atoms with Crippen molar-refractivity contribution < 1.29 is 14.9 Å². The van der Waals surface area contributed by atoms with E-state index < -0.39 is 0 Å². The van der Waals surface area contributed by atoms with Gasteiger partial charge in [-0.25, -0.2) is 0 Å². The quantitative estimate of drug-likeness (QED) is 0.761. The maximum atomic E-state index is 9.71. The van der Waals surface area contributed by atoms with Crippen molar-refractivity contribution in [3.8, 4) is 17.2 Å². The lowest BCUT2D eigenvalue weighted by atomic mass is 9.84. The Morgan fingerprint density at radius 2 is 1.64 bits per heavy atom. The molecule has 1 aliphatic heterocycles. The number of phenolic OH excluding ortho intramolecular Hbond substituents is 2. The fourth-order valence-corrected chi connectivity index (χ4v) is 3.02. The minimum absolute atomic E-state index is 0. The van der Waals surface area contributed by atoms with Crippen LogP contribution in [-0.4, -0.2) is 30.4 Å². The number of rotatable bonds is 3. The van der Waals surface area contributed by atoms with Gasteiger partial charge in [-0.1, -0.05) is 18.2 Å². The van der Waals surface area contributed by atoms with E-state index in [1.165, 1.54) is 5.56 Å². The van der Waals surface area contributed by atoms with Gasteiger partial charge in [-0.15, -0.1) is 12.4 Å². The van der Waals surface area contributed by atoms with Crippen LogP contribution in [0.5, 0.6) is 17.2 Å². The van der Waals surface area contributed by atoms with E-state index in [-0.39, 0.29) is 29.8 Å². The Morgan fingerprint density at radius 1 is 0.955 bits per heavy atom. The van der Waals surface area contributed by atoms with Gasteiger partial charge in [0.15, 0.2) is 11.5 Å². The van der Waals surface area contributed by atoms with Gasteiger partial charge >= 0.3 is 0 Å². The maximum absolute atomic E-state index is 9.71. The van der Waals surface area contributed by atoms with Gasteiger partial charge in [-0.2, -0.15) is 0 Å². The van der Waals surface area contributed by atoms with Crippen molar-refractivity contribution in [2.75, 3.05) is 20.2 Å². The molecule has 1 heterocycles. The lowest BCUT2D eigenvalue weighted by molar-refractivity contribution is 0.402. The summed E-state index contributed by atoms with van der Waals surface area (Å²) in [6.07, 6.45) is 0. The fourth-order valence-electron chi connectivity index (χ4n) is 3.02. The van der Waals surface area contributed by atoms with Crippen LogP contribution in [0, 0.1) is 0 Å². The molecule has 2 atom stereocenters. The highest BCUT2D eigenvalue weighted by Gasteiger charge is 2.30. The third-order valence-electron chi connectivity index (χ3n) is 4.16. The third kappa shape index (κ3) is 3.13. The van der Waals surface area contributed by atoms with Crippen molar-refractivity contribution in [1.29, 1.82) is 0 Å². The highest BCUT2D eigenvalue weighted by Crippen LogP contribution is 2.39. The summed E-state index contributed by atoms with van der Waals surface area (Å²) in [5.74, 6) is 1.30. The average Bonchev–Trinajstić information content (AvgIpc) is 2.99. The highest BCUT2D eigenvalue weighted by molar-refractivity contribution is 5.85. The van der Waals surface area contributed by atoms with Crippen molar-refractivity contribution in [3.63, 3.8) is 0 Å². The molecule has 118 valence electrons. The van der Waals surface area contributed by atoms with Crippen LogP contribution in [0.3, 0.4) is 0 Å². The van der Waals surface area contributed by atoms with E-state index in [4.69, 9.17) is 4.74 Å². The van der Waals surface area contributed by atoms with Crippen LogP contribution in [0.2, 0.25) is 0 Å². The zero-order chi connectivity index (χ0) is 14.8. The minimum Gasteiger partial charge on any atom is -0.504 e. The van der Waals surface area contributed by atoms with E-state index in [0.717, 1.165) is 24.4 Å². The molecule has 0 aliphatic carbocycles. The maximum Gasteiger partial charge on any atom is 0.157 e. The van der Waals surface area contributed by atoms with E-state index in [1.807, 2.05) is 18.2 Å². The summed E-state index contributed by atoms with van der Waals surface area (Å²) >= 11 is 0. The van der Waals surface area contributed by atoms with Crippen LogP contribution in [-0.2, 0) is 0 Å².